The smallest absolute Gasteiger partial charge is 0.369 e. The summed E-state index contributed by atoms with van der Waals surface area (Å²) in [4.78, 5) is 20.1. The minimum atomic E-state index is -4.43. The Hall–Kier alpha value is -2.88. The van der Waals surface area contributed by atoms with E-state index in [1.807, 2.05) is 0 Å². The van der Waals surface area contributed by atoms with Crippen LogP contribution in [0.3, 0.4) is 0 Å². The highest BCUT2D eigenvalue weighted by atomic mass is 19.4. The average molecular weight is 354 g/mol. The second-order valence-corrected chi connectivity index (χ2v) is 5.09. The molecule has 2 aromatic rings. The number of nitrogens with two attached hydrogens (primary N) is 1. The lowest BCUT2D eigenvalue weighted by Gasteiger charge is -2.10. The van der Waals surface area contributed by atoms with Gasteiger partial charge in [-0.15, -0.1) is 0 Å². The van der Waals surface area contributed by atoms with Crippen LogP contribution >= 0.6 is 0 Å². The highest BCUT2D eigenvalue weighted by Crippen LogP contribution is 2.29. The van der Waals surface area contributed by atoms with Gasteiger partial charge in [0, 0.05) is 30.5 Å². The monoisotopic (exact) mass is 354 g/mol. The number of urea groups is 1. The molecule has 7 nitrogen and oxygen atoms in total. The van der Waals surface area contributed by atoms with E-state index in [0.29, 0.717) is 24.6 Å². The molecule has 2 rings (SSSR count). The summed E-state index contributed by atoms with van der Waals surface area (Å²) < 4.78 is 37.5. The zero-order valence-corrected chi connectivity index (χ0v) is 13.3. The zero-order valence-electron chi connectivity index (χ0n) is 13.3. The van der Waals surface area contributed by atoms with Gasteiger partial charge in [0.05, 0.1) is 5.56 Å². The Morgan fingerprint density at radius 1 is 1.16 bits per heavy atom. The maximum atomic E-state index is 12.5. The van der Waals surface area contributed by atoms with Crippen LogP contribution < -0.4 is 21.7 Å². The Morgan fingerprint density at radius 3 is 2.44 bits per heavy atom. The summed E-state index contributed by atoms with van der Waals surface area (Å²) in [6.45, 7) is 2.65. The van der Waals surface area contributed by atoms with Crippen molar-refractivity contribution < 1.29 is 18.0 Å². The largest absolute Gasteiger partial charge is 0.416 e. The fourth-order valence-electron chi connectivity index (χ4n) is 1.92. The molecule has 0 spiro atoms. The molecule has 0 radical (unpaired) electrons. The van der Waals surface area contributed by atoms with Crippen molar-refractivity contribution in [1.29, 1.82) is 0 Å². The first-order chi connectivity index (χ1) is 11.8. The number of aryl methyl sites for hydroxylation is 1. The quantitative estimate of drug-likeness (QED) is 0.661. The Kier molecular flexibility index (Phi) is 5.75. The third-order valence-corrected chi connectivity index (χ3v) is 3.00. The van der Waals surface area contributed by atoms with E-state index >= 15 is 0 Å². The second-order valence-electron chi connectivity index (χ2n) is 5.09. The number of hydrogen-bond acceptors (Lipinski definition) is 5. The molecule has 25 heavy (non-hydrogen) atoms. The van der Waals surface area contributed by atoms with Crippen LogP contribution in [0.4, 0.5) is 35.4 Å². The van der Waals surface area contributed by atoms with Crippen LogP contribution in [0.25, 0.3) is 0 Å². The van der Waals surface area contributed by atoms with E-state index in [1.54, 1.807) is 13.0 Å². The molecule has 1 aromatic carbocycles. The summed E-state index contributed by atoms with van der Waals surface area (Å²) in [6.07, 6.45) is -4.43. The molecule has 0 saturated carbocycles. The van der Waals surface area contributed by atoms with Crippen LogP contribution in [0.5, 0.6) is 0 Å². The maximum Gasteiger partial charge on any atom is 0.416 e. The molecule has 134 valence electrons. The number of alkyl halides is 3. The predicted molar refractivity (Wildman–Crippen MR) is 88.4 cm³/mol. The summed E-state index contributed by atoms with van der Waals surface area (Å²) in [5.41, 5.74) is 5.44. The number of nitrogens with zero attached hydrogens (tertiary/aromatic N) is 2. The topological polar surface area (TPSA) is 105 Å². The van der Waals surface area contributed by atoms with Crippen molar-refractivity contribution in [2.24, 2.45) is 5.73 Å². The van der Waals surface area contributed by atoms with Crippen LogP contribution in [0, 0.1) is 6.92 Å². The summed E-state index contributed by atoms with van der Waals surface area (Å²) in [5, 5.41) is 7.80. The average Bonchev–Trinajstić information content (AvgIpc) is 2.52. The highest BCUT2D eigenvalue weighted by Gasteiger charge is 2.29. The number of nitrogens with one attached hydrogen (secondary N) is 3. The number of hydrogen-bond donors (Lipinski definition) is 4. The fourth-order valence-corrected chi connectivity index (χ4v) is 1.92. The third-order valence-electron chi connectivity index (χ3n) is 3.00. The summed E-state index contributed by atoms with van der Waals surface area (Å²) in [5.74, 6) is 0.562. The van der Waals surface area contributed by atoms with Gasteiger partial charge in [-0.3, -0.25) is 5.32 Å². The van der Waals surface area contributed by atoms with Crippen molar-refractivity contribution in [1.82, 2.24) is 9.97 Å². The number of halogens is 3. The Balaban J connectivity index is 2.01. The lowest BCUT2D eigenvalue weighted by atomic mass is 10.2. The molecular formula is C15H17F3N6O. The number of carbonyl (C=O) groups is 1. The number of amides is 2. The summed E-state index contributed by atoms with van der Waals surface area (Å²) in [6, 6.07) is 5.10. The molecule has 0 aliphatic rings. The number of aromatic nitrogens is 2. The van der Waals surface area contributed by atoms with Crippen molar-refractivity contribution in [3.05, 3.63) is 41.6 Å². The van der Waals surface area contributed by atoms with Crippen molar-refractivity contribution in [3.63, 3.8) is 0 Å². The van der Waals surface area contributed by atoms with Gasteiger partial charge in [0.1, 0.15) is 5.82 Å². The molecule has 0 aliphatic carbocycles. The number of anilines is 3. The van der Waals surface area contributed by atoms with E-state index < -0.39 is 17.8 Å². The summed E-state index contributed by atoms with van der Waals surface area (Å²) >= 11 is 0. The Labute approximate surface area is 141 Å². The van der Waals surface area contributed by atoms with Crippen molar-refractivity contribution in [3.8, 4) is 0 Å². The van der Waals surface area contributed by atoms with Gasteiger partial charge in [-0.25, -0.2) is 9.78 Å². The number of rotatable bonds is 5. The van der Waals surface area contributed by atoms with Gasteiger partial charge >= 0.3 is 12.2 Å². The minimum absolute atomic E-state index is 0.0592. The molecule has 0 unspecified atom stereocenters. The first kappa shape index (κ1) is 18.5. The molecule has 0 bridgehead atoms. The molecule has 1 aromatic heterocycles. The van der Waals surface area contributed by atoms with E-state index in [9.17, 15) is 18.0 Å². The normalized spacial score (nSPS) is 11.1. The standard InChI is InChI=1S/C15H17F3N6O/c1-9-8-12(20-7-6-19)23-13(21-9)24-14(25)22-11-4-2-10(3-5-11)15(16,17)18/h2-5,8H,6-7,19H2,1H3,(H3,20,21,22,23,24,25). The van der Waals surface area contributed by atoms with Gasteiger partial charge in [0.25, 0.3) is 0 Å². The molecule has 10 heteroatoms. The lowest BCUT2D eigenvalue weighted by Crippen LogP contribution is -2.22. The van der Waals surface area contributed by atoms with Gasteiger partial charge in [0.2, 0.25) is 5.95 Å². The first-order valence-corrected chi connectivity index (χ1v) is 7.33. The van der Waals surface area contributed by atoms with Crippen molar-refractivity contribution in [2.75, 3.05) is 29.0 Å². The second kappa shape index (κ2) is 7.79. The van der Waals surface area contributed by atoms with E-state index in [1.165, 1.54) is 0 Å². The minimum Gasteiger partial charge on any atom is -0.369 e. The fraction of sp³-hybridized carbons (Fsp3) is 0.267. The van der Waals surface area contributed by atoms with Gasteiger partial charge in [0.15, 0.2) is 0 Å². The lowest BCUT2D eigenvalue weighted by molar-refractivity contribution is -0.137. The molecule has 0 atom stereocenters. The summed E-state index contributed by atoms with van der Waals surface area (Å²) in [7, 11) is 0. The molecular weight excluding hydrogens is 337 g/mol. The first-order valence-electron chi connectivity index (χ1n) is 7.33. The molecule has 2 amide bonds. The van der Waals surface area contributed by atoms with Crippen LogP contribution in [0.15, 0.2) is 30.3 Å². The third kappa shape index (κ3) is 5.60. The molecule has 0 fully saturated rings. The van der Waals surface area contributed by atoms with Gasteiger partial charge in [-0.05, 0) is 31.2 Å². The Morgan fingerprint density at radius 2 is 1.84 bits per heavy atom. The van der Waals surface area contributed by atoms with Gasteiger partial charge in [-0.1, -0.05) is 0 Å². The van der Waals surface area contributed by atoms with E-state index in [4.69, 9.17) is 5.73 Å². The molecule has 1 heterocycles. The molecule has 5 N–H and O–H groups in total. The SMILES string of the molecule is Cc1cc(NCCN)nc(NC(=O)Nc2ccc(C(F)(F)F)cc2)n1. The van der Waals surface area contributed by atoms with Crippen LogP contribution in [0.2, 0.25) is 0 Å². The van der Waals surface area contributed by atoms with Crippen LogP contribution in [0.1, 0.15) is 11.3 Å². The van der Waals surface area contributed by atoms with Gasteiger partial charge in [-0.2, -0.15) is 18.2 Å². The van der Waals surface area contributed by atoms with Crippen molar-refractivity contribution in [2.45, 2.75) is 13.1 Å². The van der Waals surface area contributed by atoms with Crippen LogP contribution in [-0.4, -0.2) is 29.1 Å². The number of benzene rings is 1. The van der Waals surface area contributed by atoms with E-state index in [-0.39, 0.29) is 11.6 Å². The zero-order chi connectivity index (χ0) is 18.4. The Bertz CT molecular complexity index is 733. The number of carbonyl (C=O) groups excluding carboxylic acids is 1. The van der Waals surface area contributed by atoms with Crippen molar-refractivity contribution >= 4 is 23.5 Å². The van der Waals surface area contributed by atoms with Crippen LogP contribution in [-0.2, 0) is 6.18 Å². The molecule has 0 aliphatic heterocycles. The van der Waals surface area contributed by atoms with E-state index in [0.717, 1.165) is 24.3 Å². The molecule has 0 saturated heterocycles. The van der Waals surface area contributed by atoms with Gasteiger partial charge < -0.3 is 16.4 Å². The van der Waals surface area contributed by atoms with E-state index in [2.05, 4.69) is 25.9 Å². The highest BCUT2D eigenvalue weighted by molar-refractivity contribution is 5.98. The maximum absolute atomic E-state index is 12.5. The predicted octanol–water partition coefficient (Wildman–Crippen LogP) is 2.82.